The Morgan fingerprint density at radius 3 is 2.82 bits per heavy atom. The summed E-state index contributed by atoms with van der Waals surface area (Å²) in [5.74, 6) is -0.427. The van der Waals surface area contributed by atoms with Gasteiger partial charge >= 0.3 is 5.69 Å². The molecule has 0 aliphatic heterocycles. The number of hydrogen-bond donors (Lipinski definition) is 2. The number of hydrogen-bond acceptors (Lipinski definition) is 4. The van der Waals surface area contributed by atoms with E-state index in [2.05, 4.69) is 10.3 Å². The van der Waals surface area contributed by atoms with Crippen LogP contribution < -0.4 is 16.6 Å². The maximum absolute atomic E-state index is 12.3. The molecule has 0 fully saturated rings. The van der Waals surface area contributed by atoms with Gasteiger partial charge in [-0.15, -0.1) is 0 Å². The molecule has 7 nitrogen and oxygen atoms in total. The number of aromatic nitrogens is 2. The Morgan fingerprint density at radius 1 is 1.23 bits per heavy atom. The van der Waals surface area contributed by atoms with Gasteiger partial charge in [-0.05, 0) is 18.2 Å². The van der Waals surface area contributed by atoms with Gasteiger partial charge in [0.2, 0.25) is 5.91 Å². The smallest absolute Gasteiger partial charge is 0.329 e. The molecule has 3 rings (SSSR count). The Balaban J connectivity index is 1.83. The summed E-state index contributed by atoms with van der Waals surface area (Å²) >= 11 is 0. The Hall–Kier alpha value is -3.09. The summed E-state index contributed by atoms with van der Waals surface area (Å²) in [4.78, 5) is 38.7. The van der Waals surface area contributed by atoms with Crippen LogP contribution in [0.4, 0.5) is 0 Å². The van der Waals surface area contributed by atoms with Gasteiger partial charge in [0.05, 0.1) is 23.4 Å². The van der Waals surface area contributed by atoms with Crippen LogP contribution in [0.3, 0.4) is 0 Å². The van der Waals surface area contributed by atoms with Crippen molar-refractivity contribution in [1.82, 2.24) is 14.9 Å². The predicted octanol–water partition coefficient (Wildman–Crippen LogP) is 0.599. The third kappa shape index (κ3) is 2.69. The minimum Gasteiger partial charge on any atom is -0.472 e. The normalized spacial score (nSPS) is 10.7. The monoisotopic (exact) mass is 299 g/mol. The van der Waals surface area contributed by atoms with Crippen molar-refractivity contribution in [3.63, 3.8) is 0 Å². The third-order valence-electron chi connectivity index (χ3n) is 3.26. The summed E-state index contributed by atoms with van der Waals surface area (Å²) in [6.07, 6.45) is 3.01. The Labute approximate surface area is 124 Å². The second kappa shape index (κ2) is 5.72. The highest BCUT2D eigenvalue weighted by Crippen LogP contribution is 2.03. The molecule has 0 unspecified atom stereocenters. The molecule has 0 radical (unpaired) electrons. The van der Waals surface area contributed by atoms with Crippen molar-refractivity contribution >= 4 is 16.8 Å². The SMILES string of the molecule is O=C(Cn1c(=O)[nH]c2ccccc2c1=O)NCc1ccoc1. The Morgan fingerprint density at radius 2 is 2.05 bits per heavy atom. The molecule has 0 saturated heterocycles. The van der Waals surface area contributed by atoms with E-state index in [0.29, 0.717) is 10.9 Å². The lowest BCUT2D eigenvalue weighted by Crippen LogP contribution is -2.40. The number of aromatic amines is 1. The molecule has 0 aliphatic carbocycles. The van der Waals surface area contributed by atoms with Crippen LogP contribution in [-0.2, 0) is 17.9 Å². The highest BCUT2D eigenvalue weighted by atomic mass is 16.3. The molecule has 0 atom stereocenters. The quantitative estimate of drug-likeness (QED) is 0.737. The standard InChI is InChI=1S/C15H13N3O4/c19-13(16-7-10-5-6-22-9-10)8-18-14(20)11-3-1-2-4-12(11)17-15(18)21/h1-6,9H,7-8H2,(H,16,19)(H,17,21). The van der Waals surface area contributed by atoms with Crippen molar-refractivity contribution in [1.29, 1.82) is 0 Å². The molecule has 22 heavy (non-hydrogen) atoms. The van der Waals surface area contributed by atoms with E-state index in [0.717, 1.165) is 10.1 Å². The first-order valence-corrected chi connectivity index (χ1v) is 6.65. The summed E-state index contributed by atoms with van der Waals surface area (Å²) in [5.41, 5.74) is 0.153. The van der Waals surface area contributed by atoms with E-state index in [1.165, 1.54) is 12.5 Å². The number of carbonyl (C=O) groups is 1. The molecular weight excluding hydrogens is 286 g/mol. The van der Waals surface area contributed by atoms with Crippen LogP contribution in [-0.4, -0.2) is 15.5 Å². The van der Waals surface area contributed by atoms with Crippen molar-refractivity contribution in [2.24, 2.45) is 0 Å². The van der Waals surface area contributed by atoms with Crippen molar-refractivity contribution in [3.05, 3.63) is 69.3 Å². The number of nitrogens with zero attached hydrogens (tertiary/aromatic N) is 1. The van der Waals surface area contributed by atoms with Crippen molar-refractivity contribution in [2.75, 3.05) is 0 Å². The van der Waals surface area contributed by atoms with Crippen LogP contribution in [0.5, 0.6) is 0 Å². The van der Waals surface area contributed by atoms with Crippen LogP contribution in [0.2, 0.25) is 0 Å². The van der Waals surface area contributed by atoms with Crippen molar-refractivity contribution < 1.29 is 9.21 Å². The van der Waals surface area contributed by atoms with Gasteiger partial charge in [0.1, 0.15) is 6.54 Å². The van der Waals surface area contributed by atoms with Crippen LogP contribution in [0.1, 0.15) is 5.56 Å². The van der Waals surface area contributed by atoms with Gasteiger partial charge in [-0.1, -0.05) is 12.1 Å². The number of amides is 1. The highest BCUT2D eigenvalue weighted by molar-refractivity contribution is 5.78. The van der Waals surface area contributed by atoms with Gasteiger partial charge in [-0.25, -0.2) is 4.79 Å². The van der Waals surface area contributed by atoms with E-state index >= 15 is 0 Å². The lowest BCUT2D eigenvalue weighted by atomic mass is 10.2. The molecule has 2 heterocycles. The van der Waals surface area contributed by atoms with E-state index in [1.54, 1.807) is 30.3 Å². The summed E-state index contributed by atoms with van der Waals surface area (Å²) in [6.45, 7) is -0.0631. The van der Waals surface area contributed by atoms with Gasteiger partial charge in [-0.2, -0.15) is 0 Å². The number of furan rings is 1. The number of para-hydroxylation sites is 1. The summed E-state index contributed by atoms with van der Waals surface area (Å²) in [6, 6.07) is 8.38. The number of H-pyrrole nitrogens is 1. The summed E-state index contributed by atoms with van der Waals surface area (Å²) in [7, 11) is 0. The molecule has 0 aliphatic rings. The minimum atomic E-state index is -0.609. The molecule has 0 bridgehead atoms. The van der Waals surface area contributed by atoms with Gasteiger partial charge < -0.3 is 14.7 Å². The molecule has 1 aromatic carbocycles. The third-order valence-corrected chi connectivity index (χ3v) is 3.26. The molecule has 2 N–H and O–H groups in total. The lowest BCUT2D eigenvalue weighted by Gasteiger charge is -2.07. The van der Waals surface area contributed by atoms with Crippen LogP contribution in [0.15, 0.2) is 56.9 Å². The van der Waals surface area contributed by atoms with E-state index in [1.807, 2.05) is 0 Å². The second-order valence-electron chi connectivity index (χ2n) is 4.78. The van der Waals surface area contributed by atoms with E-state index in [9.17, 15) is 14.4 Å². The average molecular weight is 299 g/mol. The van der Waals surface area contributed by atoms with E-state index < -0.39 is 17.2 Å². The van der Waals surface area contributed by atoms with E-state index in [-0.39, 0.29) is 13.1 Å². The van der Waals surface area contributed by atoms with Crippen LogP contribution in [0.25, 0.3) is 10.9 Å². The zero-order valence-electron chi connectivity index (χ0n) is 11.5. The molecular formula is C15H13N3O4. The Bertz CT molecular complexity index is 922. The van der Waals surface area contributed by atoms with Gasteiger partial charge in [0, 0.05) is 12.1 Å². The maximum Gasteiger partial charge on any atom is 0.329 e. The first-order chi connectivity index (χ1) is 10.6. The number of fused-ring (bicyclic) bond motifs is 1. The number of benzene rings is 1. The number of rotatable bonds is 4. The molecule has 0 saturated carbocycles. The van der Waals surface area contributed by atoms with Crippen molar-refractivity contribution in [3.8, 4) is 0 Å². The van der Waals surface area contributed by atoms with Gasteiger partial charge in [-0.3, -0.25) is 14.2 Å². The lowest BCUT2D eigenvalue weighted by molar-refractivity contribution is -0.121. The fraction of sp³-hybridized carbons (Fsp3) is 0.133. The highest BCUT2D eigenvalue weighted by Gasteiger charge is 2.11. The first-order valence-electron chi connectivity index (χ1n) is 6.65. The van der Waals surface area contributed by atoms with Gasteiger partial charge in [0.15, 0.2) is 0 Å². The fourth-order valence-electron chi connectivity index (χ4n) is 2.14. The molecule has 112 valence electrons. The largest absolute Gasteiger partial charge is 0.472 e. The van der Waals surface area contributed by atoms with E-state index in [4.69, 9.17) is 4.42 Å². The molecule has 0 spiro atoms. The average Bonchev–Trinajstić information content (AvgIpc) is 3.03. The fourth-order valence-corrected chi connectivity index (χ4v) is 2.14. The molecule has 3 aromatic rings. The number of nitrogens with one attached hydrogen (secondary N) is 2. The molecule has 1 amide bonds. The molecule has 7 heteroatoms. The zero-order chi connectivity index (χ0) is 15.5. The van der Waals surface area contributed by atoms with Gasteiger partial charge in [0.25, 0.3) is 5.56 Å². The predicted molar refractivity (Wildman–Crippen MR) is 79.4 cm³/mol. The topological polar surface area (TPSA) is 97.1 Å². The first kappa shape index (κ1) is 13.9. The number of carbonyl (C=O) groups excluding carboxylic acids is 1. The van der Waals surface area contributed by atoms with Crippen LogP contribution >= 0.6 is 0 Å². The second-order valence-corrected chi connectivity index (χ2v) is 4.78. The van der Waals surface area contributed by atoms with Crippen molar-refractivity contribution in [2.45, 2.75) is 13.1 Å². The summed E-state index contributed by atoms with van der Waals surface area (Å²) in [5, 5.41) is 2.99. The van der Waals surface area contributed by atoms with Crippen LogP contribution in [0, 0.1) is 0 Å². The Kier molecular flexibility index (Phi) is 3.61. The molecule has 2 aromatic heterocycles. The zero-order valence-corrected chi connectivity index (χ0v) is 11.5. The summed E-state index contributed by atoms with van der Waals surface area (Å²) < 4.78 is 5.77. The minimum absolute atomic E-state index is 0.273. The maximum atomic E-state index is 12.3.